The van der Waals surface area contributed by atoms with Crippen LogP contribution in [-0.2, 0) is 10.0 Å². The lowest BCUT2D eigenvalue weighted by Crippen LogP contribution is -2.38. The lowest BCUT2D eigenvalue weighted by Gasteiger charge is -2.29. The number of nitrogens with zero attached hydrogens (tertiary/aromatic N) is 4. The summed E-state index contributed by atoms with van der Waals surface area (Å²) in [4.78, 5) is 10.2. The van der Waals surface area contributed by atoms with Crippen LogP contribution in [0.2, 0.25) is 0 Å². The zero-order valence-corrected chi connectivity index (χ0v) is 15.4. The summed E-state index contributed by atoms with van der Waals surface area (Å²) < 4.78 is 37.6. The fourth-order valence-corrected chi connectivity index (χ4v) is 4.66. The molecular formula is C17H16N4O6S. The van der Waals surface area contributed by atoms with Crippen LogP contribution in [0.5, 0.6) is 0 Å². The molecule has 1 aliphatic rings. The van der Waals surface area contributed by atoms with Crippen molar-refractivity contribution in [2.75, 3.05) is 13.1 Å². The van der Waals surface area contributed by atoms with Crippen molar-refractivity contribution >= 4 is 15.7 Å². The van der Waals surface area contributed by atoms with Gasteiger partial charge < -0.3 is 8.83 Å². The van der Waals surface area contributed by atoms with E-state index in [0.29, 0.717) is 30.2 Å². The van der Waals surface area contributed by atoms with Crippen molar-refractivity contribution in [1.29, 1.82) is 0 Å². The monoisotopic (exact) mass is 404 g/mol. The number of hydrogen-bond acceptors (Lipinski definition) is 8. The maximum absolute atomic E-state index is 12.8. The number of nitro groups is 1. The van der Waals surface area contributed by atoms with Crippen LogP contribution in [0.25, 0.3) is 11.5 Å². The van der Waals surface area contributed by atoms with E-state index in [4.69, 9.17) is 8.83 Å². The van der Waals surface area contributed by atoms with Gasteiger partial charge in [0.25, 0.3) is 11.6 Å². The summed E-state index contributed by atoms with van der Waals surface area (Å²) in [5, 5.41) is 19.0. The van der Waals surface area contributed by atoms with Crippen molar-refractivity contribution in [2.45, 2.75) is 23.7 Å². The predicted molar refractivity (Wildman–Crippen MR) is 95.8 cm³/mol. The first-order valence-corrected chi connectivity index (χ1v) is 10.00. The Balaban J connectivity index is 1.46. The van der Waals surface area contributed by atoms with Crippen LogP contribution in [0.3, 0.4) is 0 Å². The quantitative estimate of drug-likeness (QED) is 0.468. The average molecular weight is 404 g/mol. The highest BCUT2D eigenvalue weighted by Crippen LogP contribution is 2.32. The first kappa shape index (κ1) is 18.3. The van der Waals surface area contributed by atoms with Crippen molar-refractivity contribution in [1.82, 2.24) is 14.5 Å². The number of rotatable bonds is 5. The Morgan fingerprint density at radius 3 is 2.64 bits per heavy atom. The van der Waals surface area contributed by atoms with Crippen LogP contribution in [0.1, 0.15) is 24.7 Å². The first-order chi connectivity index (χ1) is 13.4. The highest BCUT2D eigenvalue weighted by Gasteiger charge is 2.32. The Morgan fingerprint density at radius 2 is 1.96 bits per heavy atom. The molecule has 4 rings (SSSR count). The maximum Gasteiger partial charge on any atom is 0.270 e. The van der Waals surface area contributed by atoms with Gasteiger partial charge in [-0.3, -0.25) is 10.1 Å². The Labute approximate surface area is 160 Å². The second-order valence-electron chi connectivity index (χ2n) is 6.39. The largest absolute Gasteiger partial charge is 0.472 e. The SMILES string of the molecule is O=[N+]([O-])c1cccc(S(=O)(=O)N2CCC(c3nnc(-c4ccoc4)o3)CC2)c1. The Bertz CT molecular complexity index is 1080. The minimum atomic E-state index is -3.80. The summed E-state index contributed by atoms with van der Waals surface area (Å²) in [5.74, 6) is 0.767. The molecule has 1 aliphatic heterocycles. The molecule has 28 heavy (non-hydrogen) atoms. The summed E-state index contributed by atoms with van der Waals surface area (Å²) in [6, 6.07) is 6.79. The summed E-state index contributed by atoms with van der Waals surface area (Å²) >= 11 is 0. The zero-order valence-electron chi connectivity index (χ0n) is 14.6. The van der Waals surface area contributed by atoms with E-state index in [2.05, 4.69) is 10.2 Å². The topological polar surface area (TPSA) is 133 Å². The number of aromatic nitrogens is 2. The van der Waals surface area contributed by atoms with Gasteiger partial charge in [0.2, 0.25) is 15.9 Å². The minimum Gasteiger partial charge on any atom is -0.472 e. The third-order valence-electron chi connectivity index (χ3n) is 4.68. The van der Waals surface area contributed by atoms with E-state index in [9.17, 15) is 18.5 Å². The molecule has 0 atom stereocenters. The van der Waals surface area contributed by atoms with Crippen molar-refractivity contribution in [2.24, 2.45) is 0 Å². The highest BCUT2D eigenvalue weighted by atomic mass is 32.2. The van der Waals surface area contributed by atoms with Gasteiger partial charge in [0.1, 0.15) is 6.26 Å². The van der Waals surface area contributed by atoms with Gasteiger partial charge in [-0.05, 0) is 25.0 Å². The van der Waals surface area contributed by atoms with E-state index in [1.54, 1.807) is 6.07 Å². The zero-order chi connectivity index (χ0) is 19.7. The standard InChI is InChI=1S/C17H16N4O6S/c22-21(23)14-2-1-3-15(10-14)28(24,25)20-7-4-12(5-8-20)16-18-19-17(27-16)13-6-9-26-11-13/h1-3,6,9-12H,4-5,7-8H2. The first-order valence-electron chi connectivity index (χ1n) is 8.56. The molecule has 0 spiro atoms. The molecule has 0 amide bonds. The minimum absolute atomic E-state index is 0.0512. The summed E-state index contributed by atoms with van der Waals surface area (Å²) in [5.41, 5.74) is 0.429. The maximum atomic E-state index is 12.8. The highest BCUT2D eigenvalue weighted by molar-refractivity contribution is 7.89. The Hall–Kier alpha value is -3.05. The summed E-state index contributed by atoms with van der Waals surface area (Å²) in [6.45, 7) is 0.526. The van der Waals surface area contributed by atoms with E-state index in [1.165, 1.54) is 35.0 Å². The van der Waals surface area contributed by atoms with Crippen molar-refractivity contribution in [3.63, 3.8) is 0 Å². The molecular weight excluding hydrogens is 388 g/mol. The normalized spacial score (nSPS) is 16.3. The predicted octanol–water partition coefficient (Wildman–Crippen LogP) is 2.81. The lowest BCUT2D eigenvalue weighted by atomic mass is 9.98. The van der Waals surface area contributed by atoms with E-state index < -0.39 is 14.9 Å². The lowest BCUT2D eigenvalue weighted by molar-refractivity contribution is -0.385. The van der Waals surface area contributed by atoms with Crippen molar-refractivity contribution < 1.29 is 22.2 Å². The summed E-state index contributed by atoms with van der Waals surface area (Å²) in [6.07, 6.45) is 4.05. The molecule has 146 valence electrons. The van der Waals surface area contributed by atoms with Crippen LogP contribution in [-0.4, -0.2) is 40.9 Å². The van der Waals surface area contributed by atoms with Crippen LogP contribution in [0.4, 0.5) is 5.69 Å². The second-order valence-corrected chi connectivity index (χ2v) is 8.33. The molecule has 1 saturated heterocycles. The molecule has 10 nitrogen and oxygen atoms in total. The molecule has 0 N–H and O–H groups in total. The summed E-state index contributed by atoms with van der Waals surface area (Å²) in [7, 11) is -3.80. The van der Waals surface area contributed by atoms with Crippen LogP contribution < -0.4 is 0 Å². The molecule has 11 heteroatoms. The van der Waals surface area contributed by atoms with E-state index in [1.807, 2.05) is 0 Å². The van der Waals surface area contributed by atoms with E-state index in [0.717, 1.165) is 6.07 Å². The fourth-order valence-electron chi connectivity index (χ4n) is 3.15. The molecule has 2 aromatic heterocycles. The number of piperidine rings is 1. The molecule has 3 aromatic rings. The smallest absolute Gasteiger partial charge is 0.270 e. The van der Waals surface area contributed by atoms with Crippen molar-refractivity contribution in [3.05, 3.63) is 58.9 Å². The molecule has 0 radical (unpaired) electrons. The number of sulfonamides is 1. The van der Waals surface area contributed by atoms with Crippen LogP contribution >= 0.6 is 0 Å². The second kappa shape index (κ2) is 7.17. The van der Waals surface area contributed by atoms with E-state index >= 15 is 0 Å². The number of benzene rings is 1. The van der Waals surface area contributed by atoms with Gasteiger partial charge >= 0.3 is 0 Å². The van der Waals surface area contributed by atoms with Gasteiger partial charge in [-0.2, -0.15) is 4.31 Å². The Morgan fingerprint density at radius 1 is 1.18 bits per heavy atom. The average Bonchev–Trinajstić information content (AvgIpc) is 3.40. The molecule has 1 fully saturated rings. The van der Waals surface area contributed by atoms with Gasteiger partial charge in [0.05, 0.1) is 21.6 Å². The molecule has 1 aromatic carbocycles. The molecule has 3 heterocycles. The van der Waals surface area contributed by atoms with Crippen LogP contribution in [0.15, 0.2) is 56.6 Å². The number of hydrogen-bond donors (Lipinski definition) is 0. The molecule has 0 saturated carbocycles. The van der Waals surface area contributed by atoms with Gasteiger partial charge in [-0.25, -0.2) is 8.42 Å². The van der Waals surface area contributed by atoms with Crippen LogP contribution in [0, 0.1) is 10.1 Å². The van der Waals surface area contributed by atoms with Crippen molar-refractivity contribution in [3.8, 4) is 11.5 Å². The number of furan rings is 1. The van der Waals surface area contributed by atoms with Gasteiger partial charge in [-0.15, -0.1) is 10.2 Å². The molecule has 0 unspecified atom stereocenters. The fraction of sp³-hybridized carbons (Fsp3) is 0.294. The number of nitro benzene ring substituents is 1. The van der Waals surface area contributed by atoms with Gasteiger partial charge in [-0.1, -0.05) is 6.07 Å². The van der Waals surface area contributed by atoms with E-state index in [-0.39, 0.29) is 29.6 Å². The number of non-ortho nitro benzene ring substituents is 1. The molecule has 0 bridgehead atoms. The molecule has 0 aliphatic carbocycles. The third kappa shape index (κ3) is 3.41. The van der Waals surface area contributed by atoms with Gasteiger partial charge in [0.15, 0.2) is 0 Å². The Kier molecular flexibility index (Phi) is 4.69. The third-order valence-corrected chi connectivity index (χ3v) is 6.57. The van der Waals surface area contributed by atoms with Gasteiger partial charge in [0, 0.05) is 31.1 Å².